The SMILES string of the molecule is CCOC(=O)C(Cc1ccc(OCCN(C)C2c3ccc(C)cc3CCc3ccc(CCc4ccccc4)cc32)cc1)OC. The molecule has 0 heterocycles. The first kappa shape index (κ1) is 31.5. The number of fused-ring (bicyclic) bond motifs is 2. The fourth-order valence-corrected chi connectivity index (χ4v) is 6.22. The number of likely N-dealkylation sites (N-methyl/N-ethyl adjacent to an activating group) is 1. The van der Waals surface area contributed by atoms with E-state index in [0.717, 1.165) is 43.5 Å². The molecule has 230 valence electrons. The molecule has 0 spiro atoms. The van der Waals surface area contributed by atoms with Gasteiger partial charge in [0.15, 0.2) is 6.10 Å². The van der Waals surface area contributed by atoms with Crippen LogP contribution in [0.2, 0.25) is 0 Å². The summed E-state index contributed by atoms with van der Waals surface area (Å²) in [5.41, 5.74) is 10.8. The van der Waals surface area contributed by atoms with Crippen LogP contribution in [0.25, 0.3) is 0 Å². The number of benzene rings is 4. The summed E-state index contributed by atoms with van der Waals surface area (Å²) in [4.78, 5) is 14.5. The molecule has 4 aromatic carbocycles. The minimum atomic E-state index is -0.608. The van der Waals surface area contributed by atoms with Crippen molar-refractivity contribution in [2.75, 3.05) is 33.9 Å². The topological polar surface area (TPSA) is 48.0 Å². The lowest BCUT2D eigenvalue weighted by atomic mass is 9.90. The van der Waals surface area contributed by atoms with Crippen LogP contribution in [0.3, 0.4) is 0 Å². The molecular formula is C39H45NO4. The summed E-state index contributed by atoms with van der Waals surface area (Å²) >= 11 is 0. The lowest BCUT2D eigenvalue weighted by Gasteiger charge is -2.31. The summed E-state index contributed by atoms with van der Waals surface area (Å²) in [5.74, 6) is 0.478. The van der Waals surface area contributed by atoms with Gasteiger partial charge in [0.2, 0.25) is 0 Å². The molecule has 0 aliphatic heterocycles. The molecule has 5 nitrogen and oxygen atoms in total. The Bertz CT molecular complexity index is 1520. The molecule has 0 saturated heterocycles. The quantitative estimate of drug-likeness (QED) is 0.155. The van der Waals surface area contributed by atoms with E-state index in [1.54, 1.807) is 6.92 Å². The number of carbonyl (C=O) groups is 1. The zero-order valence-corrected chi connectivity index (χ0v) is 26.6. The Morgan fingerprint density at radius 3 is 2.32 bits per heavy atom. The summed E-state index contributed by atoms with van der Waals surface area (Å²) in [6, 6.07) is 32.9. The number of ether oxygens (including phenoxy) is 3. The number of aryl methyl sites for hydroxylation is 5. The van der Waals surface area contributed by atoms with Crippen molar-refractivity contribution in [1.82, 2.24) is 4.90 Å². The van der Waals surface area contributed by atoms with E-state index in [2.05, 4.69) is 85.6 Å². The van der Waals surface area contributed by atoms with E-state index in [9.17, 15) is 4.79 Å². The average Bonchev–Trinajstić information content (AvgIpc) is 3.20. The van der Waals surface area contributed by atoms with E-state index >= 15 is 0 Å². The minimum absolute atomic E-state index is 0.166. The Hall–Kier alpha value is -3.93. The van der Waals surface area contributed by atoms with Gasteiger partial charge in [-0.1, -0.05) is 84.4 Å². The van der Waals surface area contributed by atoms with Crippen LogP contribution in [0.1, 0.15) is 57.5 Å². The van der Waals surface area contributed by atoms with Gasteiger partial charge in [-0.3, -0.25) is 4.90 Å². The molecule has 0 amide bonds. The predicted octanol–water partition coefficient (Wildman–Crippen LogP) is 7.10. The van der Waals surface area contributed by atoms with Gasteiger partial charge in [0.25, 0.3) is 0 Å². The van der Waals surface area contributed by atoms with Crippen LogP contribution >= 0.6 is 0 Å². The molecule has 0 saturated carbocycles. The van der Waals surface area contributed by atoms with Gasteiger partial charge < -0.3 is 14.2 Å². The third-order valence-corrected chi connectivity index (χ3v) is 8.64. The summed E-state index contributed by atoms with van der Waals surface area (Å²) in [5, 5.41) is 0. The standard InChI is InChI=1S/C39H45NO4/c1-5-43-39(41)37(42-4)27-31-15-20-34(21-16-31)44-24-23-40(3)38-35-22-11-28(2)25-33(35)19-18-32-17-14-30(26-36(32)38)13-12-29-9-7-6-8-10-29/h6-11,14-17,20-22,25-26,37-38H,5,12-13,18-19,23-24,27H2,1-4H3. The van der Waals surface area contributed by atoms with E-state index in [-0.39, 0.29) is 12.0 Å². The van der Waals surface area contributed by atoms with Crippen molar-refractivity contribution < 1.29 is 19.0 Å². The second-order valence-corrected chi connectivity index (χ2v) is 11.8. The summed E-state index contributed by atoms with van der Waals surface area (Å²) in [6.45, 7) is 5.67. The Kier molecular flexibility index (Phi) is 10.9. The monoisotopic (exact) mass is 591 g/mol. The number of rotatable bonds is 13. The third kappa shape index (κ3) is 7.96. The molecule has 2 atom stereocenters. The second-order valence-electron chi connectivity index (χ2n) is 11.8. The number of nitrogens with zero attached hydrogens (tertiary/aromatic N) is 1. The largest absolute Gasteiger partial charge is 0.492 e. The Morgan fingerprint density at radius 1 is 0.841 bits per heavy atom. The van der Waals surface area contributed by atoms with E-state index in [1.807, 2.05) is 24.3 Å². The number of methoxy groups -OCH3 is 1. The van der Waals surface area contributed by atoms with Crippen LogP contribution in [-0.2, 0) is 46.4 Å². The molecule has 5 heteroatoms. The summed E-state index contributed by atoms with van der Waals surface area (Å²) in [7, 11) is 3.75. The molecule has 0 fully saturated rings. The Labute approximate surface area is 262 Å². The van der Waals surface area contributed by atoms with Crippen molar-refractivity contribution in [3.8, 4) is 5.75 Å². The fraction of sp³-hybridized carbons (Fsp3) is 0.359. The highest BCUT2D eigenvalue weighted by Gasteiger charge is 2.27. The third-order valence-electron chi connectivity index (χ3n) is 8.64. The van der Waals surface area contributed by atoms with Crippen molar-refractivity contribution in [2.45, 2.75) is 58.1 Å². The number of esters is 1. The number of hydrogen-bond acceptors (Lipinski definition) is 5. The van der Waals surface area contributed by atoms with E-state index in [4.69, 9.17) is 14.2 Å². The van der Waals surface area contributed by atoms with Crippen LogP contribution in [0, 0.1) is 6.92 Å². The summed E-state index contributed by atoms with van der Waals surface area (Å²) in [6.07, 6.45) is 4.03. The van der Waals surface area contributed by atoms with Crippen molar-refractivity contribution in [3.63, 3.8) is 0 Å². The van der Waals surface area contributed by atoms with Crippen molar-refractivity contribution in [1.29, 1.82) is 0 Å². The van der Waals surface area contributed by atoms with Crippen molar-refractivity contribution >= 4 is 5.97 Å². The molecule has 44 heavy (non-hydrogen) atoms. The molecule has 1 aliphatic carbocycles. The Morgan fingerprint density at radius 2 is 1.57 bits per heavy atom. The van der Waals surface area contributed by atoms with Gasteiger partial charge >= 0.3 is 5.97 Å². The molecule has 0 N–H and O–H groups in total. The molecule has 0 radical (unpaired) electrons. The lowest BCUT2D eigenvalue weighted by Crippen LogP contribution is -2.30. The molecule has 0 bridgehead atoms. The predicted molar refractivity (Wildman–Crippen MR) is 176 cm³/mol. The van der Waals surface area contributed by atoms with Crippen molar-refractivity contribution in [2.24, 2.45) is 0 Å². The van der Waals surface area contributed by atoms with Crippen LogP contribution < -0.4 is 4.74 Å². The number of hydrogen-bond donors (Lipinski definition) is 0. The minimum Gasteiger partial charge on any atom is -0.492 e. The summed E-state index contributed by atoms with van der Waals surface area (Å²) < 4.78 is 16.7. The Balaban J connectivity index is 1.28. The molecular weight excluding hydrogens is 546 g/mol. The maximum atomic E-state index is 12.1. The molecule has 2 unspecified atom stereocenters. The first-order valence-electron chi connectivity index (χ1n) is 15.8. The smallest absolute Gasteiger partial charge is 0.335 e. The van der Waals surface area contributed by atoms with Gasteiger partial charge in [0, 0.05) is 20.1 Å². The first-order valence-corrected chi connectivity index (χ1v) is 15.8. The lowest BCUT2D eigenvalue weighted by molar-refractivity contribution is -0.154. The van der Waals surface area contributed by atoms with E-state index < -0.39 is 6.10 Å². The van der Waals surface area contributed by atoms with Gasteiger partial charge in [0.05, 0.1) is 12.6 Å². The molecule has 1 aliphatic rings. The molecule has 0 aromatic heterocycles. The normalized spacial score (nSPS) is 14.8. The van der Waals surface area contributed by atoms with Gasteiger partial charge in [-0.25, -0.2) is 4.79 Å². The maximum absolute atomic E-state index is 12.1. The highest BCUT2D eigenvalue weighted by atomic mass is 16.6. The molecule has 4 aromatic rings. The zero-order valence-electron chi connectivity index (χ0n) is 26.6. The van der Waals surface area contributed by atoms with Crippen LogP contribution in [0.5, 0.6) is 5.75 Å². The van der Waals surface area contributed by atoms with Gasteiger partial charge in [0.1, 0.15) is 12.4 Å². The highest BCUT2D eigenvalue weighted by molar-refractivity contribution is 5.75. The van der Waals surface area contributed by atoms with E-state index in [0.29, 0.717) is 19.6 Å². The van der Waals surface area contributed by atoms with Crippen LogP contribution in [0.4, 0.5) is 0 Å². The number of carbonyl (C=O) groups excluding carboxylic acids is 1. The maximum Gasteiger partial charge on any atom is 0.335 e. The fourth-order valence-electron chi connectivity index (χ4n) is 6.22. The van der Waals surface area contributed by atoms with Gasteiger partial charge in [-0.2, -0.15) is 0 Å². The van der Waals surface area contributed by atoms with Crippen LogP contribution in [-0.4, -0.2) is 50.9 Å². The zero-order chi connectivity index (χ0) is 30.9. The van der Waals surface area contributed by atoms with Crippen molar-refractivity contribution in [3.05, 3.63) is 136 Å². The molecule has 5 rings (SSSR count). The van der Waals surface area contributed by atoms with Gasteiger partial charge in [-0.15, -0.1) is 0 Å². The highest BCUT2D eigenvalue weighted by Crippen LogP contribution is 2.37. The van der Waals surface area contributed by atoms with E-state index in [1.165, 1.54) is 46.1 Å². The van der Waals surface area contributed by atoms with Gasteiger partial charge in [-0.05, 0) is 97.7 Å². The van der Waals surface area contributed by atoms with Crippen LogP contribution in [0.15, 0.2) is 91.0 Å². The second kappa shape index (κ2) is 15.2. The first-order chi connectivity index (χ1) is 21.4. The average molecular weight is 592 g/mol.